The number of hydrazone groups is 1. The second kappa shape index (κ2) is 6.40. The summed E-state index contributed by atoms with van der Waals surface area (Å²) in [6.07, 6.45) is 0. The first-order valence-electron chi connectivity index (χ1n) is 7.07. The maximum absolute atomic E-state index is 12.2. The summed E-state index contributed by atoms with van der Waals surface area (Å²) in [6, 6.07) is 9.82. The lowest BCUT2D eigenvalue weighted by Gasteiger charge is -2.06. The van der Waals surface area contributed by atoms with Crippen molar-refractivity contribution >= 4 is 21.4 Å². The smallest absolute Gasteiger partial charge is 0.276 e. The summed E-state index contributed by atoms with van der Waals surface area (Å²) in [6.45, 7) is 1.75. The first-order valence-corrected chi connectivity index (χ1v) is 8.56. The highest BCUT2D eigenvalue weighted by atomic mass is 32.2. The molecule has 10 heteroatoms. The normalized spacial score (nSPS) is 13.6. The number of sulfonamides is 1. The minimum Gasteiger partial charge on any atom is -0.454 e. The molecule has 130 valence electrons. The van der Waals surface area contributed by atoms with Gasteiger partial charge in [-0.2, -0.15) is 18.4 Å². The highest BCUT2D eigenvalue weighted by Crippen LogP contribution is 2.32. The van der Waals surface area contributed by atoms with Crippen molar-refractivity contribution in [3.8, 4) is 11.5 Å². The molecule has 0 aliphatic carbocycles. The topological polar surface area (TPSA) is 120 Å². The molecule has 0 saturated heterocycles. The van der Waals surface area contributed by atoms with Gasteiger partial charge >= 0.3 is 0 Å². The van der Waals surface area contributed by atoms with Crippen LogP contribution in [-0.4, -0.2) is 25.8 Å². The summed E-state index contributed by atoms with van der Waals surface area (Å²) in [5.41, 5.74) is 0.720. The minimum absolute atomic E-state index is 0.133. The molecule has 25 heavy (non-hydrogen) atoms. The average Bonchev–Trinajstić information content (AvgIpc) is 3.07. The van der Waals surface area contributed by atoms with Crippen molar-refractivity contribution in [1.29, 1.82) is 0 Å². The van der Waals surface area contributed by atoms with Gasteiger partial charge in [0, 0.05) is 17.7 Å². The Balaban J connectivity index is 1.82. The second-order valence-electron chi connectivity index (χ2n) is 5.11. The van der Waals surface area contributed by atoms with Gasteiger partial charge in [-0.05, 0) is 31.2 Å². The molecule has 0 amide bonds. The third-order valence-electron chi connectivity index (χ3n) is 3.46. The molecule has 3 rings (SSSR count). The summed E-state index contributed by atoms with van der Waals surface area (Å²) in [5, 5.41) is 14.6. The zero-order valence-corrected chi connectivity index (χ0v) is 13.8. The lowest BCUT2D eigenvalue weighted by atomic mass is 10.1. The molecule has 9 nitrogen and oxygen atoms in total. The Morgan fingerprint density at radius 3 is 2.72 bits per heavy atom. The lowest BCUT2D eigenvalue weighted by molar-refractivity contribution is -0.385. The Morgan fingerprint density at radius 1 is 1.20 bits per heavy atom. The van der Waals surface area contributed by atoms with Crippen LogP contribution in [0.25, 0.3) is 0 Å². The molecular formula is C15H13N3O6S. The highest BCUT2D eigenvalue weighted by Gasteiger charge is 2.18. The van der Waals surface area contributed by atoms with Crippen molar-refractivity contribution in [2.45, 2.75) is 11.8 Å². The summed E-state index contributed by atoms with van der Waals surface area (Å²) in [5.74, 6) is 1.15. The summed E-state index contributed by atoms with van der Waals surface area (Å²) < 4.78 is 35.0. The number of nitro groups is 1. The number of nitrogens with zero attached hydrogens (tertiary/aromatic N) is 2. The first kappa shape index (κ1) is 16.7. The van der Waals surface area contributed by atoms with E-state index < -0.39 is 14.9 Å². The van der Waals surface area contributed by atoms with Crippen LogP contribution in [0, 0.1) is 10.1 Å². The first-order chi connectivity index (χ1) is 11.9. The van der Waals surface area contributed by atoms with Crippen molar-refractivity contribution in [3.63, 3.8) is 0 Å². The Kier molecular flexibility index (Phi) is 4.28. The Morgan fingerprint density at radius 2 is 1.96 bits per heavy atom. The van der Waals surface area contributed by atoms with E-state index in [-0.39, 0.29) is 17.4 Å². The van der Waals surface area contributed by atoms with Crippen molar-refractivity contribution < 1.29 is 22.8 Å². The lowest BCUT2D eigenvalue weighted by Crippen LogP contribution is -2.20. The molecule has 0 saturated carbocycles. The standard InChI is InChI=1S/C15H13N3O6S/c1-10(11-5-6-14-15(7-11)24-9-23-14)16-17-25(21,22)13-4-2-3-12(8-13)18(19)20/h2-8,17H,9H2,1H3. The van der Waals surface area contributed by atoms with Crippen molar-refractivity contribution in [3.05, 3.63) is 58.1 Å². The maximum atomic E-state index is 12.2. The predicted octanol–water partition coefficient (Wildman–Crippen LogP) is 2.03. The van der Waals surface area contributed by atoms with E-state index in [0.29, 0.717) is 22.8 Å². The van der Waals surface area contributed by atoms with Gasteiger partial charge in [0.1, 0.15) is 0 Å². The molecule has 0 aromatic heterocycles. The van der Waals surface area contributed by atoms with Gasteiger partial charge in [-0.3, -0.25) is 10.1 Å². The number of ether oxygens (including phenoxy) is 2. The molecular weight excluding hydrogens is 350 g/mol. The van der Waals surface area contributed by atoms with Gasteiger partial charge in [-0.1, -0.05) is 6.07 Å². The van der Waals surface area contributed by atoms with E-state index in [0.717, 1.165) is 6.07 Å². The number of nitro benzene ring substituents is 1. The largest absolute Gasteiger partial charge is 0.454 e. The maximum Gasteiger partial charge on any atom is 0.276 e. The van der Waals surface area contributed by atoms with Crippen LogP contribution in [0.5, 0.6) is 11.5 Å². The van der Waals surface area contributed by atoms with E-state index in [2.05, 4.69) is 9.93 Å². The highest BCUT2D eigenvalue weighted by molar-refractivity contribution is 7.89. The van der Waals surface area contributed by atoms with E-state index in [1.54, 1.807) is 25.1 Å². The van der Waals surface area contributed by atoms with E-state index in [1.807, 2.05) is 0 Å². The molecule has 1 heterocycles. The monoisotopic (exact) mass is 363 g/mol. The van der Waals surface area contributed by atoms with Crippen LogP contribution < -0.4 is 14.3 Å². The molecule has 2 aromatic rings. The Hall–Kier alpha value is -3.14. The molecule has 0 radical (unpaired) electrons. The van der Waals surface area contributed by atoms with E-state index in [9.17, 15) is 18.5 Å². The number of fused-ring (bicyclic) bond motifs is 1. The fourth-order valence-electron chi connectivity index (χ4n) is 2.13. The number of nitrogens with one attached hydrogen (secondary N) is 1. The minimum atomic E-state index is -4.03. The third-order valence-corrected chi connectivity index (χ3v) is 4.67. The molecule has 0 spiro atoms. The fraction of sp³-hybridized carbons (Fsp3) is 0.133. The molecule has 1 N–H and O–H groups in total. The van der Waals surface area contributed by atoms with Crippen molar-refractivity contribution in [2.75, 3.05) is 6.79 Å². The molecule has 0 bridgehead atoms. The number of hydrogen-bond donors (Lipinski definition) is 1. The Bertz CT molecular complexity index is 971. The molecule has 1 aliphatic rings. The van der Waals surface area contributed by atoms with Gasteiger partial charge in [0.05, 0.1) is 15.5 Å². The van der Waals surface area contributed by atoms with Crippen LogP contribution in [0.3, 0.4) is 0 Å². The van der Waals surface area contributed by atoms with Crippen LogP contribution in [0.4, 0.5) is 5.69 Å². The van der Waals surface area contributed by atoms with E-state index in [1.165, 1.54) is 18.2 Å². The van der Waals surface area contributed by atoms with Gasteiger partial charge in [0.15, 0.2) is 11.5 Å². The fourth-order valence-corrected chi connectivity index (χ4v) is 3.03. The van der Waals surface area contributed by atoms with Gasteiger partial charge in [-0.15, -0.1) is 0 Å². The molecule has 0 fully saturated rings. The molecule has 2 aromatic carbocycles. The summed E-state index contributed by atoms with van der Waals surface area (Å²) in [7, 11) is -4.03. The van der Waals surface area contributed by atoms with Gasteiger partial charge in [0.2, 0.25) is 6.79 Å². The zero-order valence-electron chi connectivity index (χ0n) is 13.0. The van der Waals surface area contributed by atoms with Crippen LogP contribution in [0.1, 0.15) is 12.5 Å². The predicted molar refractivity (Wildman–Crippen MR) is 88.2 cm³/mol. The molecule has 1 aliphatic heterocycles. The van der Waals surface area contributed by atoms with E-state index >= 15 is 0 Å². The molecule has 0 atom stereocenters. The average molecular weight is 363 g/mol. The quantitative estimate of drug-likeness (QED) is 0.493. The van der Waals surface area contributed by atoms with E-state index in [4.69, 9.17) is 9.47 Å². The van der Waals surface area contributed by atoms with Crippen molar-refractivity contribution in [2.24, 2.45) is 5.10 Å². The Labute approximate surface area is 143 Å². The number of rotatable bonds is 5. The number of hydrogen-bond acceptors (Lipinski definition) is 7. The van der Waals surface area contributed by atoms with Crippen molar-refractivity contribution in [1.82, 2.24) is 4.83 Å². The second-order valence-corrected chi connectivity index (χ2v) is 6.78. The zero-order chi connectivity index (χ0) is 18.0. The van der Waals surface area contributed by atoms with Gasteiger partial charge < -0.3 is 9.47 Å². The van der Waals surface area contributed by atoms with Crippen LogP contribution in [0.2, 0.25) is 0 Å². The van der Waals surface area contributed by atoms with Crippen LogP contribution in [-0.2, 0) is 10.0 Å². The van der Waals surface area contributed by atoms with Crippen LogP contribution in [0.15, 0.2) is 52.5 Å². The van der Waals surface area contributed by atoms with Gasteiger partial charge in [-0.25, -0.2) is 0 Å². The summed E-state index contributed by atoms with van der Waals surface area (Å²) >= 11 is 0. The number of benzene rings is 2. The SMILES string of the molecule is CC(=NNS(=O)(=O)c1cccc([N+](=O)[O-])c1)c1ccc2c(c1)OCO2. The molecule has 0 unspecified atom stereocenters. The third kappa shape index (κ3) is 3.53. The summed E-state index contributed by atoms with van der Waals surface area (Å²) in [4.78, 5) is 11.9. The van der Waals surface area contributed by atoms with Crippen LogP contribution >= 0.6 is 0 Å². The number of non-ortho nitro benzene ring substituents is 1. The van der Waals surface area contributed by atoms with Gasteiger partial charge in [0.25, 0.3) is 15.7 Å².